The molecule has 5 rings (SSSR count). The summed E-state index contributed by atoms with van der Waals surface area (Å²) >= 11 is 6.33. The molecule has 2 heterocycles. The number of halogens is 1. The minimum atomic E-state index is -0.282. The van der Waals surface area contributed by atoms with Gasteiger partial charge in [0.15, 0.2) is 5.43 Å². The van der Waals surface area contributed by atoms with Crippen molar-refractivity contribution in [2.45, 2.75) is 19.4 Å². The predicted molar refractivity (Wildman–Crippen MR) is 127 cm³/mol. The number of para-hydroxylation sites is 2. The fraction of sp³-hybridized carbons (Fsp3) is 0.160. The second kappa shape index (κ2) is 8.13. The Bertz CT molecular complexity index is 1380. The van der Waals surface area contributed by atoms with Crippen molar-refractivity contribution >= 4 is 56.6 Å². The van der Waals surface area contributed by atoms with E-state index in [4.69, 9.17) is 11.6 Å². The first-order valence-corrected chi connectivity index (χ1v) is 10.8. The SMILES string of the molecule is O=C(Cn1c2ccccc2c(=O)c2ccccc21)Nc1cc(N2CCCC2=O)ccc1Cl. The van der Waals surface area contributed by atoms with Crippen LogP contribution in [0, 0.1) is 0 Å². The summed E-state index contributed by atoms with van der Waals surface area (Å²) in [5, 5.41) is 4.39. The van der Waals surface area contributed by atoms with E-state index in [1.165, 1.54) is 0 Å². The molecule has 2 amide bonds. The number of anilines is 2. The molecule has 6 nitrogen and oxygen atoms in total. The van der Waals surface area contributed by atoms with Crippen LogP contribution in [0.1, 0.15) is 12.8 Å². The normalized spacial score (nSPS) is 13.8. The van der Waals surface area contributed by atoms with Gasteiger partial charge in [0.2, 0.25) is 11.8 Å². The van der Waals surface area contributed by atoms with E-state index in [0.29, 0.717) is 51.2 Å². The van der Waals surface area contributed by atoms with Crippen LogP contribution < -0.4 is 15.6 Å². The molecular weight excluding hydrogens is 426 g/mol. The number of rotatable bonds is 4. The average Bonchev–Trinajstić information content (AvgIpc) is 3.24. The molecule has 0 radical (unpaired) electrons. The van der Waals surface area contributed by atoms with E-state index in [9.17, 15) is 14.4 Å². The highest BCUT2D eigenvalue weighted by Gasteiger charge is 2.22. The van der Waals surface area contributed by atoms with Crippen molar-refractivity contribution in [2.24, 2.45) is 0 Å². The number of pyridine rings is 1. The molecule has 4 aromatic rings. The van der Waals surface area contributed by atoms with E-state index in [2.05, 4.69) is 5.32 Å². The Morgan fingerprint density at radius 2 is 1.59 bits per heavy atom. The third kappa shape index (κ3) is 3.52. The lowest BCUT2D eigenvalue weighted by Crippen LogP contribution is -2.24. The van der Waals surface area contributed by atoms with Gasteiger partial charge < -0.3 is 14.8 Å². The summed E-state index contributed by atoms with van der Waals surface area (Å²) in [7, 11) is 0. The number of carbonyl (C=O) groups excluding carboxylic acids is 2. The molecule has 1 saturated heterocycles. The molecule has 1 fully saturated rings. The zero-order valence-electron chi connectivity index (χ0n) is 17.2. The van der Waals surface area contributed by atoms with Crippen molar-refractivity contribution in [3.8, 4) is 0 Å². The van der Waals surface area contributed by atoms with Gasteiger partial charge in [-0.25, -0.2) is 0 Å². The van der Waals surface area contributed by atoms with Crippen LogP contribution in [0.2, 0.25) is 5.02 Å². The van der Waals surface area contributed by atoms with Crippen LogP contribution >= 0.6 is 11.6 Å². The van der Waals surface area contributed by atoms with Gasteiger partial charge in [-0.1, -0.05) is 35.9 Å². The average molecular weight is 446 g/mol. The first-order valence-electron chi connectivity index (χ1n) is 10.4. The zero-order chi connectivity index (χ0) is 22.2. The molecule has 0 unspecified atom stereocenters. The number of benzene rings is 3. The third-order valence-corrected chi connectivity index (χ3v) is 6.12. The van der Waals surface area contributed by atoms with Crippen molar-refractivity contribution in [1.29, 1.82) is 0 Å². The number of fused-ring (bicyclic) bond motifs is 2. The Balaban J connectivity index is 1.50. The molecule has 0 aliphatic carbocycles. The highest BCUT2D eigenvalue weighted by atomic mass is 35.5. The lowest BCUT2D eigenvalue weighted by Gasteiger charge is -2.18. The zero-order valence-corrected chi connectivity index (χ0v) is 17.9. The van der Waals surface area contributed by atoms with Crippen molar-refractivity contribution < 1.29 is 9.59 Å². The lowest BCUT2D eigenvalue weighted by molar-refractivity contribution is -0.117. The third-order valence-electron chi connectivity index (χ3n) is 5.79. The molecule has 0 bridgehead atoms. The Morgan fingerprint density at radius 1 is 0.938 bits per heavy atom. The fourth-order valence-electron chi connectivity index (χ4n) is 4.28. The molecular formula is C25H20ClN3O3. The van der Waals surface area contributed by atoms with Gasteiger partial charge in [-0.3, -0.25) is 14.4 Å². The van der Waals surface area contributed by atoms with Gasteiger partial charge in [0, 0.05) is 29.4 Å². The number of hydrogen-bond acceptors (Lipinski definition) is 3. The summed E-state index contributed by atoms with van der Waals surface area (Å²) in [6, 6.07) is 19.7. The van der Waals surface area contributed by atoms with Gasteiger partial charge >= 0.3 is 0 Å². The second-order valence-electron chi connectivity index (χ2n) is 7.81. The first kappa shape index (κ1) is 20.3. The van der Waals surface area contributed by atoms with Crippen molar-refractivity contribution in [3.63, 3.8) is 0 Å². The molecule has 3 aromatic carbocycles. The van der Waals surface area contributed by atoms with Crippen LogP contribution in [-0.4, -0.2) is 22.9 Å². The van der Waals surface area contributed by atoms with Gasteiger partial charge in [0.1, 0.15) is 6.54 Å². The van der Waals surface area contributed by atoms with Gasteiger partial charge in [-0.15, -0.1) is 0 Å². The van der Waals surface area contributed by atoms with Crippen LogP contribution in [0.5, 0.6) is 0 Å². The summed E-state index contributed by atoms with van der Waals surface area (Å²) in [6.07, 6.45) is 1.34. The van der Waals surface area contributed by atoms with Gasteiger partial charge in [0.05, 0.1) is 21.7 Å². The van der Waals surface area contributed by atoms with Crippen LogP contribution in [-0.2, 0) is 16.1 Å². The van der Waals surface area contributed by atoms with Crippen LogP contribution in [0.15, 0.2) is 71.5 Å². The lowest BCUT2D eigenvalue weighted by atomic mass is 10.1. The number of amides is 2. The van der Waals surface area contributed by atoms with Crippen molar-refractivity contribution in [3.05, 3.63) is 82.0 Å². The molecule has 0 spiro atoms. The highest BCUT2D eigenvalue weighted by molar-refractivity contribution is 6.33. The largest absolute Gasteiger partial charge is 0.331 e. The van der Waals surface area contributed by atoms with Crippen LogP contribution in [0.25, 0.3) is 21.8 Å². The molecule has 160 valence electrons. The minimum Gasteiger partial charge on any atom is -0.331 e. The number of hydrogen-bond donors (Lipinski definition) is 1. The summed E-state index contributed by atoms with van der Waals surface area (Å²) in [4.78, 5) is 39.7. The highest BCUT2D eigenvalue weighted by Crippen LogP contribution is 2.30. The number of carbonyl (C=O) groups is 2. The number of nitrogens with zero attached hydrogens (tertiary/aromatic N) is 2. The maximum atomic E-state index is 13.1. The number of aromatic nitrogens is 1. The van der Waals surface area contributed by atoms with Gasteiger partial charge in [0.25, 0.3) is 0 Å². The summed E-state index contributed by atoms with van der Waals surface area (Å²) in [5.74, 6) is -0.216. The molecule has 1 aliphatic rings. The van der Waals surface area contributed by atoms with Gasteiger partial charge in [-0.2, -0.15) is 0 Å². The van der Waals surface area contributed by atoms with E-state index in [1.54, 1.807) is 35.2 Å². The number of nitrogens with one attached hydrogen (secondary N) is 1. The molecule has 32 heavy (non-hydrogen) atoms. The quantitative estimate of drug-likeness (QED) is 0.467. The monoisotopic (exact) mass is 445 g/mol. The van der Waals surface area contributed by atoms with Crippen molar-refractivity contribution in [2.75, 3.05) is 16.8 Å². The van der Waals surface area contributed by atoms with Crippen LogP contribution in [0.4, 0.5) is 11.4 Å². The molecule has 1 aliphatic heterocycles. The maximum Gasteiger partial charge on any atom is 0.244 e. The van der Waals surface area contributed by atoms with E-state index in [1.807, 2.05) is 41.0 Å². The summed E-state index contributed by atoms with van der Waals surface area (Å²) < 4.78 is 1.84. The fourth-order valence-corrected chi connectivity index (χ4v) is 4.44. The Morgan fingerprint density at radius 3 is 2.22 bits per heavy atom. The standard InChI is InChI=1S/C25H20ClN3O3/c26-19-12-11-16(28-13-5-10-24(28)31)14-20(19)27-23(30)15-29-21-8-3-1-6-17(21)25(32)18-7-2-4-9-22(18)29/h1-4,6-9,11-12,14H,5,10,13,15H2,(H,27,30). The minimum absolute atomic E-state index is 0.00447. The Kier molecular flexibility index (Phi) is 5.15. The van der Waals surface area contributed by atoms with Crippen LogP contribution in [0.3, 0.4) is 0 Å². The smallest absolute Gasteiger partial charge is 0.244 e. The summed E-state index contributed by atoms with van der Waals surface area (Å²) in [5.41, 5.74) is 2.48. The van der Waals surface area contributed by atoms with E-state index >= 15 is 0 Å². The van der Waals surface area contributed by atoms with Gasteiger partial charge in [-0.05, 0) is 48.9 Å². The molecule has 0 saturated carbocycles. The van der Waals surface area contributed by atoms with E-state index in [-0.39, 0.29) is 23.8 Å². The summed E-state index contributed by atoms with van der Waals surface area (Å²) in [6.45, 7) is 0.660. The van der Waals surface area contributed by atoms with E-state index in [0.717, 1.165) is 6.42 Å². The topological polar surface area (TPSA) is 71.4 Å². The van der Waals surface area contributed by atoms with E-state index < -0.39 is 0 Å². The van der Waals surface area contributed by atoms with Crippen molar-refractivity contribution in [1.82, 2.24) is 4.57 Å². The molecule has 1 N–H and O–H groups in total. The first-order chi connectivity index (χ1) is 15.5. The molecule has 1 aromatic heterocycles. The molecule has 7 heteroatoms. The Hall–Kier alpha value is -3.64. The predicted octanol–water partition coefficient (Wildman–Crippen LogP) is 4.57. The Labute approximate surface area is 189 Å². The second-order valence-corrected chi connectivity index (χ2v) is 8.22. The maximum absolute atomic E-state index is 13.1. The molecule has 0 atom stereocenters.